The van der Waals surface area contributed by atoms with Gasteiger partial charge in [0.15, 0.2) is 0 Å². The Balaban J connectivity index is 1.41. The Labute approximate surface area is 140 Å². The van der Waals surface area contributed by atoms with E-state index in [2.05, 4.69) is 27.7 Å². The molecule has 0 aliphatic carbocycles. The van der Waals surface area contributed by atoms with E-state index in [9.17, 15) is 5.11 Å². The molecule has 1 atom stereocenters. The third-order valence-electron chi connectivity index (χ3n) is 5.35. The second-order valence-corrected chi connectivity index (χ2v) is 7.15. The molecule has 23 heavy (non-hydrogen) atoms. The summed E-state index contributed by atoms with van der Waals surface area (Å²) in [6.45, 7) is 12.9. The maximum atomic E-state index is 9.58. The van der Waals surface area contributed by atoms with E-state index in [0.717, 1.165) is 25.6 Å². The van der Waals surface area contributed by atoms with Gasteiger partial charge in [-0.05, 0) is 49.5 Å². The van der Waals surface area contributed by atoms with E-state index in [4.69, 9.17) is 0 Å². The number of benzene rings is 1. The molecule has 4 heteroatoms. The Morgan fingerprint density at radius 2 is 1.83 bits per heavy atom. The van der Waals surface area contributed by atoms with Crippen molar-refractivity contribution in [1.29, 1.82) is 0 Å². The molecule has 1 aromatic carbocycles. The van der Waals surface area contributed by atoms with Crippen LogP contribution in [0.5, 0.6) is 5.75 Å². The maximum Gasteiger partial charge on any atom is 0.115 e. The first-order chi connectivity index (χ1) is 11.2. The zero-order valence-electron chi connectivity index (χ0n) is 14.5. The summed E-state index contributed by atoms with van der Waals surface area (Å²) in [6.07, 6.45) is 2.77. The minimum absolute atomic E-state index is 0.374. The van der Waals surface area contributed by atoms with E-state index in [1.165, 1.54) is 57.7 Å². The van der Waals surface area contributed by atoms with Crippen molar-refractivity contribution >= 4 is 0 Å². The fraction of sp³-hybridized carbons (Fsp3) is 0.684. The predicted molar refractivity (Wildman–Crippen MR) is 94.7 cm³/mol. The van der Waals surface area contributed by atoms with Crippen LogP contribution in [0.4, 0.5) is 0 Å². The number of hydrogen-bond donors (Lipinski definition) is 1. The molecule has 128 valence electrons. The van der Waals surface area contributed by atoms with Gasteiger partial charge in [0.1, 0.15) is 5.75 Å². The predicted octanol–water partition coefficient (Wildman–Crippen LogP) is 2.24. The lowest BCUT2D eigenvalue weighted by Crippen LogP contribution is -2.49. The van der Waals surface area contributed by atoms with Crippen molar-refractivity contribution in [3.8, 4) is 5.75 Å². The number of piperidine rings is 1. The molecule has 1 unspecified atom stereocenters. The molecule has 1 aromatic rings. The monoisotopic (exact) mass is 317 g/mol. The van der Waals surface area contributed by atoms with E-state index in [0.29, 0.717) is 5.75 Å². The fourth-order valence-corrected chi connectivity index (χ4v) is 4.00. The second-order valence-electron chi connectivity index (χ2n) is 7.15. The summed E-state index contributed by atoms with van der Waals surface area (Å²) in [5.41, 5.74) is 1.21. The number of piperazine rings is 1. The Morgan fingerprint density at radius 3 is 2.57 bits per heavy atom. The number of nitrogens with zero attached hydrogens (tertiary/aromatic N) is 3. The maximum absolute atomic E-state index is 9.58. The standard InChI is InChI=1S/C19H31N3O/c1-2-20-8-4-6-18(15-20)16-22-11-9-21(10-12-22)14-17-5-3-7-19(23)13-17/h3,5,7,13,18,23H,2,4,6,8-12,14-16H2,1H3. The fourth-order valence-electron chi connectivity index (χ4n) is 4.00. The Hall–Kier alpha value is -1.10. The molecule has 0 aromatic heterocycles. The number of phenolic OH excluding ortho intramolecular Hbond substituents is 1. The second kappa shape index (κ2) is 8.13. The first kappa shape index (κ1) is 16.7. The minimum Gasteiger partial charge on any atom is -0.508 e. The average molecular weight is 317 g/mol. The van der Waals surface area contributed by atoms with Gasteiger partial charge in [-0.2, -0.15) is 0 Å². The van der Waals surface area contributed by atoms with Gasteiger partial charge in [-0.1, -0.05) is 19.1 Å². The molecule has 3 rings (SSSR count). The summed E-state index contributed by atoms with van der Waals surface area (Å²) < 4.78 is 0. The van der Waals surface area contributed by atoms with Gasteiger partial charge in [-0.3, -0.25) is 4.90 Å². The normalized spacial score (nSPS) is 24.8. The van der Waals surface area contributed by atoms with E-state index in [1.54, 1.807) is 6.07 Å². The van der Waals surface area contributed by atoms with Crippen LogP contribution in [0.2, 0.25) is 0 Å². The first-order valence-electron chi connectivity index (χ1n) is 9.18. The van der Waals surface area contributed by atoms with Gasteiger partial charge < -0.3 is 14.9 Å². The van der Waals surface area contributed by atoms with Crippen LogP contribution in [-0.4, -0.2) is 72.2 Å². The highest BCUT2D eigenvalue weighted by atomic mass is 16.3. The van der Waals surface area contributed by atoms with Crippen LogP contribution in [0, 0.1) is 5.92 Å². The first-order valence-corrected chi connectivity index (χ1v) is 9.18. The highest BCUT2D eigenvalue weighted by Crippen LogP contribution is 2.19. The van der Waals surface area contributed by atoms with Gasteiger partial charge in [0, 0.05) is 45.8 Å². The molecular formula is C19H31N3O. The number of phenols is 1. The summed E-state index contributed by atoms with van der Waals surface area (Å²) in [4.78, 5) is 7.76. The van der Waals surface area contributed by atoms with Gasteiger partial charge >= 0.3 is 0 Å². The lowest BCUT2D eigenvalue weighted by molar-refractivity contribution is 0.0883. The van der Waals surface area contributed by atoms with E-state index in [-0.39, 0.29) is 0 Å². The van der Waals surface area contributed by atoms with Crippen molar-refractivity contribution in [3.05, 3.63) is 29.8 Å². The van der Waals surface area contributed by atoms with Gasteiger partial charge in [0.05, 0.1) is 0 Å². The van der Waals surface area contributed by atoms with Gasteiger partial charge in [-0.15, -0.1) is 0 Å². The Morgan fingerprint density at radius 1 is 1.04 bits per heavy atom. The van der Waals surface area contributed by atoms with Crippen LogP contribution in [0.15, 0.2) is 24.3 Å². The molecule has 2 aliphatic rings. The van der Waals surface area contributed by atoms with Gasteiger partial charge in [0.2, 0.25) is 0 Å². The summed E-state index contributed by atoms with van der Waals surface area (Å²) in [5, 5.41) is 9.58. The zero-order chi connectivity index (χ0) is 16.1. The van der Waals surface area contributed by atoms with E-state index < -0.39 is 0 Å². The molecule has 1 N–H and O–H groups in total. The molecule has 2 fully saturated rings. The molecule has 0 spiro atoms. The van der Waals surface area contributed by atoms with Crippen molar-refractivity contribution in [1.82, 2.24) is 14.7 Å². The number of aromatic hydroxyl groups is 1. The number of hydrogen-bond acceptors (Lipinski definition) is 4. The molecule has 4 nitrogen and oxygen atoms in total. The quantitative estimate of drug-likeness (QED) is 0.902. The highest BCUT2D eigenvalue weighted by Gasteiger charge is 2.23. The molecule has 2 aliphatic heterocycles. The molecule has 2 saturated heterocycles. The van der Waals surface area contributed by atoms with E-state index >= 15 is 0 Å². The SMILES string of the molecule is CCN1CCCC(CN2CCN(Cc3cccc(O)c3)CC2)C1. The zero-order valence-corrected chi connectivity index (χ0v) is 14.5. The summed E-state index contributed by atoms with van der Waals surface area (Å²) in [5.74, 6) is 1.24. The molecule has 2 heterocycles. The van der Waals surface area contributed by atoms with Gasteiger partial charge in [0.25, 0.3) is 0 Å². The van der Waals surface area contributed by atoms with Crippen LogP contribution >= 0.6 is 0 Å². The van der Waals surface area contributed by atoms with Crippen LogP contribution in [0.3, 0.4) is 0 Å². The van der Waals surface area contributed by atoms with Crippen molar-refractivity contribution in [2.75, 3.05) is 52.4 Å². The minimum atomic E-state index is 0.374. The lowest BCUT2D eigenvalue weighted by Gasteiger charge is -2.39. The topological polar surface area (TPSA) is 30.0 Å². The van der Waals surface area contributed by atoms with Crippen molar-refractivity contribution < 1.29 is 5.11 Å². The third-order valence-corrected chi connectivity index (χ3v) is 5.35. The third kappa shape index (κ3) is 4.93. The summed E-state index contributed by atoms with van der Waals surface area (Å²) in [7, 11) is 0. The summed E-state index contributed by atoms with van der Waals surface area (Å²) in [6, 6.07) is 7.66. The van der Waals surface area contributed by atoms with Crippen molar-refractivity contribution in [3.63, 3.8) is 0 Å². The Bertz CT molecular complexity index is 485. The number of likely N-dealkylation sites (tertiary alicyclic amines) is 1. The average Bonchev–Trinajstić information content (AvgIpc) is 2.57. The van der Waals surface area contributed by atoms with Crippen LogP contribution < -0.4 is 0 Å². The molecule has 0 radical (unpaired) electrons. The summed E-state index contributed by atoms with van der Waals surface area (Å²) >= 11 is 0. The molecule has 0 bridgehead atoms. The van der Waals surface area contributed by atoms with Crippen molar-refractivity contribution in [2.45, 2.75) is 26.3 Å². The van der Waals surface area contributed by atoms with Crippen molar-refractivity contribution in [2.24, 2.45) is 5.92 Å². The highest BCUT2D eigenvalue weighted by molar-refractivity contribution is 5.27. The van der Waals surface area contributed by atoms with Crippen LogP contribution in [-0.2, 0) is 6.54 Å². The van der Waals surface area contributed by atoms with E-state index in [1.807, 2.05) is 12.1 Å². The smallest absolute Gasteiger partial charge is 0.115 e. The van der Waals surface area contributed by atoms with Crippen LogP contribution in [0.1, 0.15) is 25.3 Å². The Kier molecular flexibility index (Phi) is 5.92. The molecule has 0 saturated carbocycles. The van der Waals surface area contributed by atoms with Crippen LogP contribution in [0.25, 0.3) is 0 Å². The molecular weight excluding hydrogens is 286 g/mol. The largest absolute Gasteiger partial charge is 0.508 e. The lowest BCUT2D eigenvalue weighted by atomic mass is 9.97. The molecule has 0 amide bonds. The number of rotatable bonds is 5. The van der Waals surface area contributed by atoms with Gasteiger partial charge in [-0.25, -0.2) is 0 Å².